The highest BCUT2D eigenvalue weighted by molar-refractivity contribution is 7.89. The lowest BCUT2D eigenvalue weighted by Gasteiger charge is -2.33. The summed E-state index contributed by atoms with van der Waals surface area (Å²) in [7, 11) is -3.55. The predicted molar refractivity (Wildman–Crippen MR) is 117 cm³/mol. The number of sulfonamides is 1. The molecule has 1 N–H and O–H groups in total. The molecule has 1 aliphatic heterocycles. The van der Waals surface area contributed by atoms with E-state index >= 15 is 0 Å². The van der Waals surface area contributed by atoms with Crippen LogP contribution in [0.2, 0.25) is 0 Å². The number of hydrogen-bond acceptors (Lipinski definition) is 6. The summed E-state index contributed by atoms with van der Waals surface area (Å²) < 4.78 is 37.9. The monoisotopic (exact) mass is 449 g/mol. The highest BCUT2D eigenvalue weighted by Gasteiger charge is 2.26. The zero-order chi connectivity index (χ0) is 22.4. The first-order chi connectivity index (χ1) is 14.9. The Morgan fingerprint density at radius 2 is 1.74 bits per heavy atom. The van der Waals surface area contributed by atoms with Crippen LogP contribution in [0, 0.1) is 6.92 Å². The van der Waals surface area contributed by atoms with Crippen LogP contribution in [0.25, 0.3) is 0 Å². The minimum atomic E-state index is -3.55. The first-order valence-corrected chi connectivity index (χ1v) is 12.1. The van der Waals surface area contributed by atoms with Gasteiger partial charge in [-0.1, -0.05) is 13.8 Å². The summed E-state index contributed by atoms with van der Waals surface area (Å²) in [5.74, 6) is 1.37. The zero-order valence-corrected chi connectivity index (χ0v) is 19.2. The molecule has 170 valence electrons. The SMILES string of the molecule is CCN(CC)S(=O)(=O)c1ccc(C(=O)NC[C@@H](c2ccc(C)o2)N2CCOCC2)cc1. The van der Waals surface area contributed by atoms with Gasteiger partial charge in [0.15, 0.2) is 0 Å². The maximum atomic E-state index is 12.7. The fourth-order valence-corrected chi connectivity index (χ4v) is 5.17. The number of rotatable bonds is 9. The number of hydrogen-bond donors (Lipinski definition) is 1. The van der Waals surface area contributed by atoms with Gasteiger partial charge in [-0.3, -0.25) is 9.69 Å². The molecule has 2 heterocycles. The van der Waals surface area contributed by atoms with Gasteiger partial charge in [-0.25, -0.2) is 8.42 Å². The molecule has 0 unspecified atom stereocenters. The number of furan rings is 1. The lowest BCUT2D eigenvalue weighted by atomic mass is 10.1. The third kappa shape index (κ3) is 5.54. The summed E-state index contributed by atoms with van der Waals surface area (Å²) in [5.41, 5.74) is 0.412. The number of aryl methyl sites for hydroxylation is 1. The fraction of sp³-hybridized carbons (Fsp3) is 0.500. The number of nitrogens with one attached hydrogen (secondary N) is 1. The molecular formula is C22H31N3O5S. The molecular weight excluding hydrogens is 418 g/mol. The van der Waals surface area contributed by atoms with Crippen LogP contribution >= 0.6 is 0 Å². The van der Waals surface area contributed by atoms with E-state index in [-0.39, 0.29) is 16.8 Å². The number of nitrogens with zero attached hydrogens (tertiary/aromatic N) is 2. The summed E-state index contributed by atoms with van der Waals surface area (Å²) in [6.07, 6.45) is 0. The van der Waals surface area contributed by atoms with Crippen LogP contribution in [0.3, 0.4) is 0 Å². The summed E-state index contributed by atoms with van der Waals surface area (Å²) in [6.45, 7) is 9.49. The number of carbonyl (C=O) groups is 1. The van der Waals surface area contributed by atoms with Gasteiger partial charge in [0, 0.05) is 38.3 Å². The van der Waals surface area contributed by atoms with Gasteiger partial charge >= 0.3 is 0 Å². The van der Waals surface area contributed by atoms with Crippen LogP contribution in [0.4, 0.5) is 0 Å². The van der Waals surface area contributed by atoms with Crippen molar-refractivity contribution in [1.82, 2.24) is 14.5 Å². The Balaban J connectivity index is 1.69. The normalized spacial score (nSPS) is 16.4. The molecule has 1 aromatic heterocycles. The molecule has 1 fully saturated rings. The Hall–Kier alpha value is -2.20. The molecule has 1 saturated heterocycles. The topological polar surface area (TPSA) is 92.1 Å². The van der Waals surface area contributed by atoms with Crippen molar-refractivity contribution in [3.63, 3.8) is 0 Å². The van der Waals surface area contributed by atoms with Gasteiger partial charge in [0.25, 0.3) is 5.91 Å². The highest BCUT2D eigenvalue weighted by atomic mass is 32.2. The molecule has 2 aromatic rings. The van der Waals surface area contributed by atoms with E-state index < -0.39 is 10.0 Å². The second-order valence-corrected chi connectivity index (χ2v) is 9.37. The molecule has 1 atom stereocenters. The van der Waals surface area contributed by atoms with Crippen molar-refractivity contribution in [2.75, 3.05) is 45.9 Å². The van der Waals surface area contributed by atoms with Crippen molar-refractivity contribution >= 4 is 15.9 Å². The lowest BCUT2D eigenvalue weighted by molar-refractivity contribution is 0.0117. The summed E-state index contributed by atoms with van der Waals surface area (Å²) in [6, 6.07) is 9.83. The molecule has 3 rings (SSSR count). The minimum absolute atomic E-state index is 0.0936. The van der Waals surface area contributed by atoms with E-state index in [1.165, 1.54) is 16.4 Å². The number of amides is 1. The van der Waals surface area contributed by atoms with Crippen molar-refractivity contribution in [2.45, 2.75) is 31.7 Å². The van der Waals surface area contributed by atoms with Gasteiger partial charge in [-0.05, 0) is 43.3 Å². The van der Waals surface area contributed by atoms with Crippen LogP contribution < -0.4 is 5.32 Å². The molecule has 8 nitrogen and oxygen atoms in total. The van der Waals surface area contributed by atoms with E-state index in [0.717, 1.165) is 24.6 Å². The van der Waals surface area contributed by atoms with E-state index in [1.54, 1.807) is 26.0 Å². The van der Waals surface area contributed by atoms with Crippen LogP contribution in [-0.2, 0) is 14.8 Å². The molecule has 0 aliphatic carbocycles. The molecule has 0 spiro atoms. The maximum Gasteiger partial charge on any atom is 0.251 e. The largest absolute Gasteiger partial charge is 0.465 e. The standard InChI is InChI=1S/C22H31N3O5S/c1-4-25(5-2)31(27,28)19-9-7-18(8-10-19)22(26)23-16-20(21-11-6-17(3)30-21)24-12-14-29-15-13-24/h6-11,20H,4-5,12-16H2,1-3H3,(H,23,26)/t20-/m0/s1. The third-order valence-electron chi connectivity index (χ3n) is 5.49. The molecule has 0 bridgehead atoms. The lowest BCUT2D eigenvalue weighted by Crippen LogP contribution is -2.43. The van der Waals surface area contributed by atoms with Crippen molar-refractivity contribution < 1.29 is 22.4 Å². The van der Waals surface area contributed by atoms with Crippen molar-refractivity contribution in [2.24, 2.45) is 0 Å². The van der Waals surface area contributed by atoms with Crippen molar-refractivity contribution in [3.05, 3.63) is 53.5 Å². The minimum Gasteiger partial charge on any atom is -0.465 e. The average Bonchev–Trinajstić information content (AvgIpc) is 3.21. The fourth-order valence-electron chi connectivity index (χ4n) is 3.71. The quantitative estimate of drug-likeness (QED) is 0.632. The number of ether oxygens (including phenoxy) is 1. The van der Waals surface area contributed by atoms with Gasteiger partial charge in [0.1, 0.15) is 11.5 Å². The van der Waals surface area contributed by atoms with E-state index in [1.807, 2.05) is 19.1 Å². The number of carbonyl (C=O) groups excluding carboxylic acids is 1. The molecule has 0 radical (unpaired) electrons. The van der Waals surface area contributed by atoms with Crippen molar-refractivity contribution in [1.29, 1.82) is 0 Å². The van der Waals surface area contributed by atoms with Gasteiger partial charge in [0.2, 0.25) is 10.0 Å². The Labute approximate surface area is 184 Å². The average molecular weight is 450 g/mol. The van der Waals surface area contributed by atoms with E-state index in [4.69, 9.17) is 9.15 Å². The third-order valence-corrected chi connectivity index (χ3v) is 7.56. The second kappa shape index (κ2) is 10.4. The second-order valence-electron chi connectivity index (χ2n) is 7.44. The van der Waals surface area contributed by atoms with Crippen LogP contribution in [0.1, 0.15) is 41.8 Å². The smallest absolute Gasteiger partial charge is 0.251 e. The Bertz CT molecular complexity index is 961. The number of benzene rings is 1. The summed E-state index contributed by atoms with van der Waals surface area (Å²) in [4.78, 5) is 15.2. The Kier molecular flexibility index (Phi) is 7.88. The zero-order valence-electron chi connectivity index (χ0n) is 18.3. The van der Waals surface area contributed by atoms with E-state index in [9.17, 15) is 13.2 Å². The molecule has 1 amide bonds. The first kappa shape index (κ1) is 23.5. The van der Waals surface area contributed by atoms with Gasteiger partial charge in [-0.2, -0.15) is 4.31 Å². The Morgan fingerprint density at radius 3 is 2.29 bits per heavy atom. The maximum absolute atomic E-state index is 12.7. The van der Waals surface area contributed by atoms with Crippen LogP contribution in [0.5, 0.6) is 0 Å². The summed E-state index contributed by atoms with van der Waals surface area (Å²) in [5, 5.41) is 2.97. The van der Waals surface area contributed by atoms with Gasteiger partial charge in [-0.15, -0.1) is 0 Å². The molecule has 1 aliphatic rings. The predicted octanol–water partition coefficient (Wildman–Crippen LogP) is 2.42. The van der Waals surface area contributed by atoms with Crippen LogP contribution in [0.15, 0.2) is 45.7 Å². The molecule has 1 aromatic carbocycles. The Morgan fingerprint density at radius 1 is 1.10 bits per heavy atom. The summed E-state index contributed by atoms with van der Waals surface area (Å²) >= 11 is 0. The highest BCUT2D eigenvalue weighted by Crippen LogP contribution is 2.23. The van der Waals surface area contributed by atoms with Crippen molar-refractivity contribution in [3.8, 4) is 0 Å². The number of morpholine rings is 1. The van der Waals surface area contributed by atoms with Gasteiger partial charge in [0.05, 0.1) is 24.2 Å². The van der Waals surface area contributed by atoms with Gasteiger partial charge < -0.3 is 14.5 Å². The first-order valence-electron chi connectivity index (χ1n) is 10.6. The molecule has 31 heavy (non-hydrogen) atoms. The molecule has 9 heteroatoms. The van der Waals surface area contributed by atoms with E-state index in [2.05, 4.69) is 10.2 Å². The van der Waals surface area contributed by atoms with E-state index in [0.29, 0.717) is 38.4 Å². The molecule has 0 saturated carbocycles. The van der Waals surface area contributed by atoms with Crippen LogP contribution in [-0.4, -0.2) is 69.5 Å².